The van der Waals surface area contributed by atoms with Crippen molar-refractivity contribution in [1.29, 1.82) is 0 Å². The first kappa shape index (κ1) is 11.5. The van der Waals surface area contributed by atoms with Crippen LogP contribution in [0, 0.1) is 0 Å². The molecule has 0 aliphatic heterocycles. The molecule has 1 aromatic carbocycles. The van der Waals surface area contributed by atoms with Crippen LogP contribution in [-0.2, 0) is 10.4 Å². The number of hydrogen-bond acceptors (Lipinski definition) is 3. The van der Waals surface area contributed by atoms with Gasteiger partial charge in [-0.1, -0.05) is 6.07 Å². The lowest BCUT2D eigenvalue weighted by Crippen LogP contribution is -2.25. The number of hydrogen-bond donors (Lipinski definition) is 1. The van der Waals surface area contributed by atoms with Gasteiger partial charge < -0.3 is 4.74 Å². The second-order valence-electron chi connectivity index (χ2n) is 3.48. The molecule has 0 unspecified atom stereocenters. The SMILES string of the molecule is COc1ccc(C(C)(C)ON)cc1Br. The molecule has 0 radical (unpaired) electrons. The summed E-state index contributed by atoms with van der Waals surface area (Å²) in [5, 5.41) is 0. The Morgan fingerprint density at radius 2 is 2.00 bits per heavy atom. The van der Waals surface area contributed by atoms with Gasteiger partial charge in [0.1, 0.15) is 11.4 Å². The molecule has 0 atom stereocenters. The molecule has 0 bridgehead atoms. The summed E-state index contributed by atoms with van der Waals surface area (Å²) in [4.78, 5) is 4.89. The number of halogens is 1. The predicted octanol–water partition coefficient (Wildman–Crippen LogP) is 2.58. The van der Waals surface area contributed by atoms with Gasteiger partial charge in [-0.25, -0.2) is 5.90 Å². The maximum absolute atomic E-state index is 5.21. The average Bonchev–Trinajstić information content (AvgIpc) is 2.17. The lowest BCUT2D eigenvalue weighted by molar-refractivity contribution is -0.0236. The molecule has 14 heavy (non-hydrogen) atoms. The van der Waals surface area contributed by atoms with E-state index in [2.05, 4.69) is 15.9 Å². The number of methoxy groups -OCH3 is 1. The minimum atomic E-state index is -0.491. The molecule has 78 valence electrons. The van der Waals surface area contributed by atoms with Crippen molar-refractivity contribution in [2.24, 2.45) is 5.90 Å². The van der Waals surface area contributed by atoms with Crippen molar-refractivity contribution in [2.75, 3.05) is 7.11 Å². The van der Waals surface area contributed by atoms with Gasteiger partial charge in [-0.2, -0.15) is 0 Å². The summed E-state index contributed by atoms with van der Waals surface area (Å²) in [6, 6.07) is 5.74. The van der Waals surface area contributed by atoms with E-state index < -0.39 is 5.60 Å². The maximum atomic E-state index is 5.21. The lowest BCUT2D eigenvalue weighted by Gasteiger charge is -2.22. The molecule has 2 N–H and O–H groups in total. The zero-order valence-electron chi connectivity index (χ0n) is 8.50. The fraction of sp³-hybridized carbons (Fsp3) is 0.400. The van der Waals surface area contributed by atoms with E-state index in [-0.39, 0.29) is 0 Å². The van der Waals surface area contributed by atoms with Crippen LogP contribution in [0.2, 0.25) is 0 Å². The van der Waals surface area contributed by atoms with E-state index in [4.69, 9.17) is 15.5 Å². The molecule has 0 amide bonds. The molecular formula is C10H14BrNO2. The highest BCUT2D eigenvalue weighted by molar-refractivity contribution is 9.10. The van der Waals surface area contributed by atoms with E-state index in [9.17, 15) is 0 Å². The fourth-order valence-electron chi connectivity index (χ4n) is 1.11. The highest BCUT2D eigenvalue weighted by atomic mass is 79.9. The van der Waals surface area contributed by atoms with Crippen molar-refractivity contribution in [3.8, 4) is 5.75 Å². The van der Waals surface area contributed by atoms with Crippen LogP contribution in [0.25, 0.3) is 0 Å². The van der Waals surface area contributed by atoms with Crippen molar-refractivity contribution >= 4 is 15.9 Å². The van der Waals surface area contributed by atoms with Crippen molar-refractivity contribution in [2.45, 2.75) is 19.4 Å². The van der Waals surface area contributed by atoms with Crippen LogP contribution in [0.4, 0.5) is 0 Å². The third kappa shape index (κ3) is 2.26. The van der Waals surface area contributed by atoms with Gasteiger partial charge >= 0.3 is 0 Å². The van der Waals surface area contributed by atoms with Crippen molar-refractivity contribution in [3.63, 3.8) is 0 Å². The van der Waals surface area contributed by atoms with Gasteiger partial charge in [0.05, 0.1) is 11.6 Å². The minimum Gasteiger partial charge on any atom is -0.496 e. The third-order valence-electron chi connectivity index (χ3n) is 2.14. The number of nitrogens with two attached hydrogens (primary N) is 1. The average molecular weight is 260 g/mol. The van der Waals surface area contributed by atoms with Crippen LogP contribution in [0.15, 0.2) is 22.7 Å². The van der Waals surface area contributed by atoms with Gasteiger partial charge in [-0.15, -0.1) is 0 Å². The first-order chi connectivity index (χ1) is 6.51. The Morgan fingerprint density at radius 1 is 1.36 bits per heavy atom. The number of ether oxygens (including phenoxy) is 1. The molecular weight excluding hydrogens is 246 g/mol. The smallest absolute Gasteiger partial charge is 0.133 e. The Kier molecular flexibility index (Phi) is 3.53. The lowest BCUT2D eigenvalue weighted by atomic mass is 9.98. The van der Waals surface area contributed by atoms with Gasteiger partial charge in [0.15, 0.2) is 0 Å². The second-order valence-corrected chi connectivity index (χ2v) is 4.33. The molecule has 0 aliphatic carbocycles. The van der Waals surface area contributed by atoms with Crippen molar-refractivity contribution in [1.82, 2.24) is 0 Å². The summed E-state index contributed by atoms with van der Waals surface area (Å²) in [6.07, 6.45) is 0. The van der Waals surface area contributed by atoms with E-state index in [0.29, 0.717) is 0 Å². The monoisotopic (exact) mass is 259 g/mol. The standard InChI is InChI=1S/C10H14BrNO2/c1-10(2,14-12)7-4-5-9(13-3)8(11)6-7/h4-6H,12H2,1-3H3. The molecule has 0 fully saturated rings. The molecule has 1 rings (SSSR count). The van der Waals surface area contributed by atoms with Gasteiger partial charge in [-0.3, -0.25) is 4.84 Å². The fourth-order valence-corrected chi connectivity index (χ4v) is 1.65. The van der Waals surface area contributed by atoms with Crippen LogP contribution in [0.3, 0.4) is 0 Å². The van der Waals surface area contributed by atoms with Crippen LogP contribution >= 0.6 is 15.9 Å². The summed E-state index contributed by atoms with van der Waals surface area (Å²) >= 11 is 3.41. The van der Waals surface area contributed by atoms with Gasteiger partial charge in [0.2, 0.25) is 0 Å². The van der Waals surface area contributed by atoms with Gasteiger partial charge in [0.25, 0.3) is 0 Å². The molecule has 0 saturated carbocycles. The second kappa shape index (κ2) is 4.29. The molecule has 1 aromatic rings. The van der Waals surface area contributed by atoms with Crippen molar-refractivity contribution in [3.05, 3.63) is 28.2 Å². The summed E-state index contributed by atoms with van der Waals surface area (Å²) < 4.78 is 6.02. The van der Waals surface area contributed by atoms with Crippen LogP contribution < -0.4 is 10.6 Å². The zero-order valence-corrected chi connectivity index (χ0v) is 10.1. The molecule has 4 heteroatoms. The van der Waals surface area contributed by atoms with E-state index >= 15 is 0 Å². The number of rotatable bonds is 3. The largest absolute Gasteiger partial charge is 0.496 e. The molecule has 0 aromatic heterocycles. The third-order valence-corrected chi connectivity index (χ3v) is 2.76. The number of benzene rings is 1. The summed E-state index contributed by atoms with van der Waals surface area (Å²) in [7, 11) is 1.63. The predicted molar refractivity (Wildman–Crippen MR) is 59.0 cm³/mol. The van der Waals surface area contributed by atoms with Gasteiger partial charge in [0, 0.05) is 0 Å². The first-order valence-corrected chi connectivity index (χ1v) is 5.02. The summed E-state index contributed by atoms with van der Waals surface area (Å²) in [5.74, 6) is 6.01. The van der Waals surface area contributed by atoms with Crippen molar-refractivity contribution < 1.29 is 9.57 Å². The highest BCUT2D eigenvalue weighted by Gasteiger charge is 2.21. The maximum Gasteiger partial charge on any atom is 0.133 e. The molecule has 0 heterocycles. The van der Waals surface area contributed by atoms with Gasteiger partial charge in [-0.05, 0) is 47.5 Å². The van der Waals surface area contributed by atoms with E-state index in [1.807, 2.05) is 32.0 Å². The Labute approximate surface area is 92.3 Å². The molecule has 3 nitrogen and oxygen atoms in total. The van der Waals surface area contributed by atoms with E-state index in [0.717, 1.165) is 15.8 Å². The zero-order chi connectivity index (χ0) is 10.8. The summed E-state index contributed by atoms with van der Waals surface area (Å²) in [6.45, 7) is 3.81. The van der Waals surface area contributed by atoms with Crippen LogP contribution in [0.5, 0.6) is 5.75 Å². The molecule has 0 saturated heterocycles. The Hall–Kier alpha value is -0.580. The summed E-state index contributed by atoms with van der Waals surface area (Å²) in [5.41, 5.74) is 0.502. The normalized spacial score (nSPS) is 11.5. The first-order valence-electron chi connectivity index (χ1n) is 4.23. The van der Waals surface area contributed by atoms with E-state index in [1.54, 1.807) is 7.11 Å². The molecule has 0 spiro atoms. The van der Waals surface area contributed by atoms with Crippen LogP contribution in [0.1, 0.15) is 19.4 Å². The minimum absolute atomic E-state index is 0.491. The Morgan fingerprint density at radius 3 is 2.43 bits per heavy atom. The molecule has 0 aliphatic rings. The quantitative estimate of drug-likeness (QED) is 0.849. The van der Waals surface area contributed by atoms with E-state index in [1.165, 1.54) is 0 Å². The van der Waals surface area contributed by atoms with Crippen LogP contribution in [-0.4, -0.2) is 7.11 Å². The highest BCUT2D eigenvalue weighted by Crippen LogP contribution is 2.31. The Balaban J connectivity index is 3.08. The topological polar surface area (TPSA) is 44.5 Å². The Bertz CT molecular complexity index is 326.